The summed E-state index contributed by atoms with van der Waals surface area (Å²) >= 11 is 7.58. The molecule has 33 heavy (non-hydrogen) atoms. The zero-order valence-electron chi connectivity index (χ0n) is 18.9. The topological polar surface area (TPSA) is 89.3 Å². The summed E-state index contributed by atoms with van der Waals surface area (Å²) in [5.41, 5.74) is 3.86. The van der Waals surface area contributed by atoms with Crippen molar-refractivity contribution < 1.29 is 9.84 Å². The molecule has 4 aromatic rings. The van der Waals surface area contributed by atoms with Crippen molar-refractivity contribution in [3.8, 4) is 5.69 Å². The molecule has 4 heterocycles. The Kier molecular flexibility index (Phi) is 5.44. The average molecular weight is 485 g/mol. The van der Waals surface area contributed by atoms with Gasteiger partial charge in [-0.25, -0.2) is 14.5 Å². The van der Waals surface area contributed by atoms with E-state index in [2.05, 4.69) is 19.2 Å². The molecule has 1 atom stereocenters. The van der Waals surface area contributed by atoms with E-state index < -0.39 is 6.10 Å². The molecule has 0 saturated heterocycles. The van der Waals surface area contributed by atoms with Crippen LogP contribution in [0.15, 0.2) is 29.1 Å². The maximum absolute atomic E-state index is 13.8. The van der Waals surface area contributed by atoms with E-state index in [1.807, 2.05) is 13.0 Å². The summed E-state index contributed by atoms with van der Waals surface area (Å²) in [5.74, 6) is 0.357. The largest absolute Gasteiger partial charge is 0.392 e. The molecule has 9 heteroatoms. The van der Waals surface area contributed by atoms with E-state index in [1.165, 1.54) is 15.9 Å². The Hall–Kier alpha value is -2.52. The number of halogens is 1. The summed E-state index contributed by atoms with van der Waals surface area (Å²) in [5, 5.41) is 14.4. The molecule has 1 aliphatic heterocycles. The van der Waals surface area contributed by atoms with Crippen molar-refractivity contribution in [1.82, 2.24) is 14.5 Å². The molecule has 0 amide bonds. The average Bonchev–Trinajstić information content (AvgIpc) is 3.10. The monoisotopic (exact) mass is 484 g/mol. The smallest absolute Gasteiger partial charge is 0.277 e. The van der Waals surface area contributed by atoms with Crippen molar-refractivity contribution >= 4 is 49.3 Å². The van der Waals surface area contributed by atoms with Gasteiger partial charge >= 0.3 is 0 Å². The normalized spacial score (nSPS) is 16.2. The number of aliphatic hydroxyl groups is 1. The number of aliphatic hydroxyl groups excluding tert-OH is 1. The summed E-state index contributed by atoms with van der Waals surface area (Å²) < 4.78 is 8.09. The lowest BCUT2D eigenvalue weighted by atomic mass is 9.89. The number of hydrogen-bond donors (Lipinski definition) is 2. The van der Waals surface area contributed by atoms with Gasteiger partial charge in [-0.3, -0.25) is 4.79 Å². The Morgan fingerprint density at radius 1 is 1.33 bits per heavy atom. The minimum Gasteiger partial charge on any atom is -0.392 e. The lowest BCUT2D eigenvalue weighted by molar-refractivity contribution is -0.0400. The highest BCUT2D eigenvalue weighted by molar-refractivity contribution is 7.25. The molecule has 0 unspecified atom stereocenters. The number of fused-ring (bicyclic) bond motifs is 5. The van der Waals surface area contributed by atoms with Gasteiger partial charge in [0.1, 0.15) is 15.0 Å². The Bertz CT molecular complexity index is 1460. The van der Waals surface area contributed by atoms with Crippen LogP contribution in [0.1, 0.15) is 37.6 Å². The second-order valence-electron chi connectivity index (χ2n) is 9.13. The van der Waals surface area contributed by atoms with Crippen LogP contribution >= 0.6 is 22.9 Å². The fraction of sp³-hybridized carbons (Fsp3) is 0.375. The van der Waals surface area contributed by atoms with Gasteiger partial charge in [-0.1, -0.05) is 17.7 Å². The minimum atomic E-state index is -0.611. The third-order valence-corrected chi connectivity index (χ3v) is 7.19. The maximum Gasteiger partial charge on any atom is 0.277 e. The van der Waals surface area contributed by atoms with E-state index >= 15 is 0 Å². The van der Waals surface area contributed by atoms with Crippen LogP contribution < -0.4 is 10.9 Å². The lowest BCUT2D eigenvalue weighted by Crippen LogP contribution is -2.32. The Morgan fingerprint density at radius 2 is 2.12 bits per heavy atom. The first-order chi connectivity index (χ1) is 15.6. The van der Waals surface area contributed by atoms with Gasteiger partial charge < -0.3 is 15.2 Å². The van der Waals surface area contributed by atoms with Crippen LogP contribution in [-0.2, 0) is 17.8 Å². The molecule has 1 aliphatic rings. The third-order valence-electron chi connectivity index (χ3n) is 5.90. The zero-order valence-corrected chi connectivity index (χ0v) is 20.5. The first-order valence-corrected chi connectivity index (χ1v) is 12.0. The molecule has 5 rings (SSSR count). The number of benzene rings is 1. The van der Waals surface area contributed by atoms with E-state index in [0.717, 1.165) is 27.0 Å². The summed E-state index contributed by atoms with van der Waals surface area (Å²) in [4.78, 5) is 24.3. The van der Waals surface area contributed by atoms with Crippen LogP contribution in [0.3, 0.4) is 0 Å². The number of rotatable bonds is 4. The van der Waals surface area contributed by atoms with Gasteiger partial charge in [-0.05, 0) is 51.5 Å². The number of aryl methyl sites for hydroxylation is 1. The Balaban J connectivity index is 1.85. The van der Waals surface area contributed by atoms with Crippen LogP contribution in [0.5, 0.6) is 0 Å². The number of thiophene rings is 1. The number of ether oxygens (including phenoxy) is 1. The SMILES string of the molecule is Cc1nc2sc3c(=O)n(-c4cccc(Cl)c4)c(NC[C@@H](C)O)nc3c2c2c1COC(C)(C)C2. The van der Waals surface area contributed by atoms with Crippen LogP contribution in [0, 0.1) is 6.92 Å². The summed E-state index contributed by atoms with van der Waals surface area (Å²) in [6, 6.07) is 7.08. The van der Waals surface area contributed by atoms with Gasteiger partial charge in [0.15, 0.2) is 0 Å². The maximum atomic E-state index is 13.8. The molecule has 3 aromatic heterocycles. The first-order valence-electron chi connectivity index (χ1n) is 10.8. The number of anilines is 1. The van der Waals surface area contributed by atoms with Crippen LogP contribution in [0.25, 0.3) is 26.1 Å². The van der Waals surface area contributed by atoms with Crippen molar-refractivity contribution in [2.24, 2.45) is 0 Å². The molecule has 0 radical (unpaired) electrons. The van der Waals surface area contributed by atoms with E-state index in [0.29, 0.717) is 39.9 Å². The van der Waals surface area contributed by atoms with E-state index in [1.54, 1.807) is 25.1 Å². The second kappa shape index (κ2) is 8.06. The molecule has 2 N–H and O–H groups in total. The highest BCUT2D eigenvalue weighted by Crippen LogP contribution is 2.40. The van der Waals surface area contributed by atoms with E-state index in [4.69, 9.17) is 26.3 Å². The van der Waals surface area contributed by atoms with Crippen molar-refractivity contribution in [2.75, 3.05) is 11.9 Å². The second-order valence-corrected chi connectivity index (χ2v) is 10.6. The zero-order chi connectivity index (χ0) is 23.5. The van der Waals surface area contributed by atoms with Gasteiger partial charge in [0.05, 0.1) is 24.0 Å². The molecule has 0 aliphatic carbocycles. The number of aromatic nitrogens is 3. The third kappa shape index (κ3) is 3.91. The standard InChI is InChI=1S/C24H25ClN4O3S/c1-12(30)10-26-23-28-19-18-16-9-24(3,4)32-11-17(16)13(2)27-21(18)33-20(19)22(31)29(23)15-7-5-6-14(25)8-15/h5-8,12,30H,9-11H2,1-4H3,(H,26,28)/t12-/m1/s1. The Labute approximate surface area is 200 Å². The van der Waals surface area contributed by atoms with Crippen molar-refractivity contribution in [3.05, 3.63) is 56.5 Å². The van der Waals surface area contributed by atoms with Gasteiger partial charge in [0, 0.05) is 34.6 Å². The van der Waals surface area contributed by atoms with Gasteiger partial charge in [-0.15, -0.1) is 11.3 Å². The molecule has 0 spiro atoms. The van der Waals surface area contributed by atoms with Crippen molar-refractivity contribution in [2.45, 2.75) is 52.4 Å². The number of hydrogen-bond acceptors (Lipinski definition) is 7. The highest BCUT2D eigenvalue weighted by Gasteiger charge is 2.31. The Morgan fingerprint density at radius 3 is 2.85 bits per heavy atom. The predicted molar refractivity (Wildman–Crippen MR) is 133 cm³/mol. The molecule has 0 saturated carbocycles. The minimum absolute atomic E-state index is 0.198. The number of nitrogens with one attached hydrogen (secondary N) is 1. The number of pyridine rings is 1. The van der Waals surface area contributed by atoms with Gasteiger partial charge in [-0.2, -0.15) is 0 Å². The van der Waals surface area contributed by atoms with Gasteiger partial charge in [0.2, 0.25) is 5.95 Å². The summed E-state index contributed by atoms with van der Waals surface area (Å²) in [6.45, 7) is 8.54. The fourth-order valence-corrected chi connectivity index (χ4v) is 5.60. The molecule has 1 aromatic carbocycles. The molecule has 0 bridgehead atoms. The number of nitrogens with zero attached hydrogens (tertiary/aromatic N) is 3. The van der Waals surface area contributed by atoms with Crippen LogP contribution in [0.2, 0.25) is 5.02 Å². The van der Waals surface area contributed by atoms with Gasteiger partial charge in [0.25, 0.3) is 5.56 Å². The van der Waals surface area contributed by atoms with Crippen LogP contribution in [0.4, 0.5) is 5.95 Å². The quantitative estimate of drug-likeness (QED) is 0.440. The van der Waals surface area contributed by atoms with Crippen molar-refractivity contribution in [3.63, 3.8) is 0 Å². The lowest BCUT2D eigenvalue weighted by Gasteiger charge is -2.32. The molecule has 7 nitrogen and oxygen atoms in total. The van der Waals surface area contributed by atoms with E-state index in [9.17, 15) is 9.90 Å². The molecule has 172 valence electrons. The molecule has 0 fully saturated rings. The predicted octanol–water partition coefficient (Wildman–Crippen LogP) is 4.60. The molecular weight excluding hydrogens is 460 g/mol. The summed E-state index contributed by atoms with van der Waals surface area (Å²) in [6.07, 6.45) is 0.100. The van der Waals surface area contributed by atoms with Crippen LogP contribution in [-0.4, -0.2) is 37.9 Å². The molecular formula is C24H25ClN4O3S. The highest BCUT2D eigenvalue weighted by atomic mass is 35.5. The van der Waals surface area contributed by atoms with Crippen molar-refractivity contribution in [1.29, 1.82) is 0 Å². The fourth-order valence-electron chi connectivity index (χ4n) is 4.30. The summed E-state index contributed by atoms with van der Waals surface area (Å²) in [7, 11) is 0. The van der Waals surface area contributed by atoms with E-state index in [-0.39, 0.29) is 17.7 Å². The first kappa shape index (κ1) is 22.3.